The van der Waals surface area contributed by atoms with E-state index in [0.29, 0.717) is 11.1 Å². The molecule has 1 aliphatic heterocycles. The Hall–Kier alpha value is -2.84. The first-order valence-electron chi connectivity index (χ1n) is 7.62. The number of methoxy groups -OCH3 is 1. The van der Waals surface area contributed by atoms with Crippen molar-refractivity contribution in [3.8, 4) is 11.5 Å². The van der Waals surface area contributed by atoms with E-state index < -0.39 is 16.1 Å². The largest absolute Gasteiger partial charge is 0.493 e. The lowest BCUT2D eigenvalue weighted by atomic mass is 10.1. The first-order chi connectivity index (χ1) is 12.8. The van der Waals surface area contributed by atoms with Crippen molar-refractivity contribution in [1.29, 1.82) is 0 Å². The number of nitrogens with zero attached hydrogens (tertiary/aromatic N) is 1. The fraction of sp³-hybridized carbons (Fsp3) is 0.111. The summed E-state index contributed by atoms with van der Waals surface area (Å²) in [6, 6.07) is 11.9. The zero-order valence-electron chi connectivity index (χ0n) is 14.3. The number of ether oxygens (including phenoxy) is 2. The standard InChI is InChI=1S/C18H14ClNO6S/c1-24-15-10-11(8-13(19)16(15)26-27(2,22)23)9-14-18(21)25-17(20-14)12-6-4-3-5-7-12/h3-10H,1-2H3. The highest BCUT2D eigenvalue weighted by molar-refractivity contribution is 7.86. The Balaban J connectivity index is 1.98. The lowest BCUT2D eigenvalue weighted by Crippen LogP contribution is -2.07. The summed E-state index contributed by atoms with van der Waals surface area (Å²) >= 11 is 6.12. The maximum atomic E-state index is 12.1. The monoisotopic (exact) mass is 407 g/mol. The van der Waals surface area contributed by atoms with Gasteiger partial charge in [-0.05, 0) is 35.9 Å². The molecule has 0 saturated carbocycles. The third kappa shape index (κ3) is 4.47. The Bertz CT molecular complexity index is 1060. The Morgan fingerprint density at radius 2 is 1.89 bits per heavy atom. The molecule has 1 aliphatic rings. The van der Waals surface area contributed by atoms with Gasteiger partial charge in [0.25, 0.3) is 0 Å². The molecule has 0 fully saturated rings. The highest BCUT2D eigenvalue weighted by Gasteiger charge is 2.24. The van der Waals surface area contributed by atoms with Crippen LogP contribution in [-0.4, -0.2) is 33.7 Å². The molecule has 1 heterocycles. The second kappa shape index (κ2) is 7.42. The predicted molar refractivity (Wildman–Crippen MR) is 101 cm³/mol. The molecule has 0 aromatic heterocycles. The summed E-state index contributed by atoms with van der Waals surface area (Å²) in [6.07, 6.45) is 2.35. The van der Waals surface area contributed by atoms with Gasteiger partial charge in [0, 0.05) is 5.56 Å². The highest BCUT2D eigenvalue weighted by Crippen LogP contribution is 2.38. The molecule has 2 aromatic carbocycles. The number of cyclic esters (lactones) is 1. The lowest BCUT2D eigenvalue weighted by Gasteiger charge is -2.11. The third-order valence-corrected chi connectivity index (χ3v) is 4.18. The summed E-state index contributed by atoms with van der Waals surface area (Å²) in [7, 11) is -2.45. The smallest absolute Gasteiger partial charge is 0.363 e. The molecular weight excluding hydrogens is 394 g/mol. The van der Waals surface area contributed by atoms with Crippen molar-refractivity contribution in [2.45, 2.75) is 0 Å². The summed E-state index contributed by atoms with van der Waals surface area (Å²) in [5.41, 5.74) is 1.20. The molecule has 9 heteroatoms. The zero-order valence-corrected chi connectivity index (χ0v) is 15.9. The van der Waals surface area contributed by atoms with Crippen LogP contribution in [0.2, 0.25) is 5.02 Å². The van der Waals surface area contributed by atoms with Crippen LogP contribution in [0.4, 0.5) is 0 Å². The molecule has 7 nitrogen and oxygen atoms in total. The number of halogens is 1. The zero-order chi connectivity index (χ0) is 19.6. The summed E-state index contributed by atoms with van der Waals surface area (Å²) in [4.78, 5) is 16.3. The minimum atomic E-state index is -3.79. The van der Waals surface area contributed by atoms with Crippen molar-refractivity contribution in [1.82, 2.24) is 0 Å². The Morgan fingerprint density at radius 3 is 2.52 bits per heavy atom. The fourth-order valence-electron chi connectivity index (χ4n) is 2.33. The van der Waals surface area contributed by atoms with E-state index in [1.54, 1.807) is 24.3 Å². The molecule has 0 atom stereocenters. The Kier molecular flexibility index (Phi) is 5.20. The van der Waals surface area contributed by atoms with E-state index in [4.69, 9.17) is 25.3 Å². The van der Waals surface area contributed by atoms with Crippen LogP contribution in [-0.2, 0) is 19.6 Å². The van der Waals surface area contributed by atoms with Crippen LogP contribution in [0.1, 0.15) is 11.1 Å². The van der Waals surface area contributed by atoms with Crippen molar-refractivity contribution in [2.75, 3.05) is 13.4 Å². The molecule has 0 saturated heterocycles. The second-order valence-corrected chi connectivity index (χ2v) is 7.51. The van der Waals surface area contributed by atoms with E-state index in [1.165, 1.54) is 25.3 Å². The summed E-state index contributed by atoms with van der Waals surface area (Å²) < 4.78 is 37.9. The summed E-state index contributed by atoms with van der Waals surface area (Å²) in [5.74, 6) is -0.452. The van der Waals surface area contributed by atoms with Gasteiger partial charge in [0.15, 0.2) is 11.4 Å². The van der Waals surface area contributed by atoms with Gasteiger partial charge < -0.3 is 13.7 Å². The van der Waals surface area contributed by atoms with E-state index in [0.717, 1.165) is 6.26 Å². The van der Waals surface area contributed by atoms with Gasteiger partial charge in [0.2, 0.25) is 11.6 Å². The van der Waals surface area contributed by atoms with Gasteiger partial charge in [-0.2, -0.15) is 8.42 Å². The quantitative estimate of drug-likeness (QED) is 0.430. The Labute approximate surface area is 161 Å². The van der Waals surface area contributed by atoms with Gasteiger partial charge in [-0.15, -0.1) is 0 Å². The van der Waals surface area contributed by atoms with Crippen molar-refractivity contribution < 1.29 is 26.9 Å². The topological polar surface area (TPSA) is 91.3 Å². The minimum Gasteiger partial charge on any atom is -0.493 e. The molecule has 0 unspecified atom stereocenters. The molecule has 2 aromatic rings. The predicted octanol–water partition coefficient (Wildman–Crippen LogP) is 3.03. The van der Waals surface area contributed by atoms with Crippen LogP contribution in [0.15, 0.2) is 53.2 Å². The van der Waals surface area contributed by atoms with Crippen molar-refractivity contribution in [2.24, 2.45) is 4.99 Å². The van der Waals surface area contributed by atoms with Crippen LogP contribution in [0.25, 0.3) is 6.08 Å². The van der Waals surface area contributed by atoms with E-state index in [2.05, 4.69) is 4.99 Å². The average molecular weight is 408 g/mol. The summed E-state index contributed by atoms with van der Waals surface area (Å²) in [6.45, 7) is 0. The van der Waals surface area contributed by atoms with E-state index in [1.807, 2.05) is 6.07 Å². The maximum Gasteiger partial charge on any atom is 0.363 e. The SMILES string of the molecule is COc1cc(C=C2N=C(c3ccccc3)OC2=O)cc(Cl)c1OS(C)(=O)=O. The van der Waals surface area contributed by atoms with Gasteiger partial charge in [-0.1, -0.05) is 29.8 Å². The van der Waals surface area contributed by atoms with Crippen molar-refractivity contribution in [3.05, 3.63) is 64.3 Å². The third-order valence-electron chi connectivity index (χ3n) is 3.43. The molecule has 0 spiro atoms. The maximum absolute atomic E-state index is 12.1. The first-order valence-corrected chi connectivity index (χ1v) is 9.81. The minimum absolute atomic E-state index is 0.00486. The molecule has 0 amide bonds. The van der Waals surface area contributed by atoms with Gasteiger partial charge in [0.1, 0.15) is 0 Å². The molecule has 3 rings (SSSR count). The summed E-state index contributed by atoms with van der Waals surface area (Å²) in [5, 5.41) is 0.00486. The molecular formula is C18H14ClNO6S. The van der Waals surface area contributed by atoms with Gasteiger partial charge in [-0.3, -0.25) is 0 Å². The van der Waals surface area contributed by atoms with Gasteiger partial charge >= 0.3 is 16.1 Å². The molecule has 0 bridgehead atoms. The van der Waals surface area contributed by atoms with Crippen LogP contribution < -0.4 is 8.92 Å². The number of aliphatic imine (C=N–C) groups is 1. The number of hydrogen-bond acceptors (Lipinski definition) is 7. The second-order valence-electron chi connectivity index (χ2n) is 5.52. The van der Waals surface area contributed by atoms with E-state index in [-0.39, 0.29) is 28.1 Å². The molecule has 0 radical (unpaired) electrons. The van der Waals surface area contributed by atoms with Crippen LogP contribution >= 0.6 is 11.6 Å². The van der Waals surface area contributed by atoms with E-state index >= 15 is 0 Å². The molecule has 27 heavy (non-hydrogen) atoms. The number of carbonyl (C=O) groups excluding carboxylic acids is 1. The fourth-order valence-corrected chi connectivity index (χ4v) is 3.10. The average Bonchev–Trinajstić information content (AvgIpc) is 2.97. The normalized spacial score (nSPS) is 15.4. The van der Waals surface area contributed by atoms with Gasteiger partial charge in [-0.25, -0.2) is 9.79 Å². The number of esters is 1. The van der Waals surface area contributed by atoms with Crippen LogP contribution in [0, 0.1) is 0 Å². The van der Waals surface area contributed by atoms with Crippen LogP contribution in [0.3, 0.4) is 0 Å². The van der Waals surface area contributed by atoms with Crippen molar-refractivity contribution >= 4 is 39.7 Å². The molecule has 0 aliphatic carbocycles. The number of rotatable bonds is 5. The van der Waals surface area contributed by atoms with Crippen molar-refractivity contribution in [3.63, 3.8) is 0 Å². The number of benzene rings is 2. The molecule has 0 N–H and O–H groups in total. The number of carbonyl (C=O) groups is 1. The van der Waals surface area contributed by atoms with Gasteiger partial charge in [0.05, 0.1) is 18.4 Å². The Morgan fingerprint density at radius 1 is 1.19 bits per heavy atom. The lowest BCUT2D eigenvalue weighted by molar-refractivity contribution is -0.129. The number of hydrogen-bond donors (Lipinski definition) is 0. The highest BCUT2D eigenvalue weighted by atomic mass is 35.5. The van der Waals surface area contributed by atoms with E-state index in [9.17, 15) is 13.2 Å². The van der Waals surface area contributed by atoms with Crippen LogP contribution in [0.5, 0.6) is 11.5 Å². The molecule has 140 valence electrons. The first kappa shape index (κ1) is 18.9.